The number of hydrogen-bond donors (Lipinski definition) is 1. The van der Waals surface area contributed by atoms with Crippen molar-refractivity contribution in [1.29, 1.82) is 0 Å². The lowest BCUT2D eigenvalue weighted by Crippen LogP contribution is -2.50. The van der Waals surface area contributed by atoms with E-state index in [1.165, 1.54) is 50.6 Å². The van der Waals surface area contributed by atoms with E-state index in [0.29, 0.717) is 11.5 Å². The second-order valence-corrected chi connectivity index (χ2v) is 9.74. The van der Waals surface area contributed by atoms with Crippen LogP contribution in [0.2, 0.25) is 0 Å². The number of piperidine rings is 1. The molecule has 1 aliphatic carbocycles. The smallest absolute Gasteiger partial charge is 0.194 e. The highest BCUT2D eigenvalue weighted by Crippen LogP contribution is 2.47. The number of halogens is 1. The van der Waals surface area contributed by atoms with Crippen molar-refractivity contribution in [3.63, 3.8) is 0 Å². The van der Waals surface area contributed by atoms with E-state index >= 15 is 0 Å². The summed E-state index contributed by atoms with van der Waals surface area (Å²) in [5.41, 5.74) is 2.00. The predicted octanol–water partition coefficient (Wildman–Crippen LogP) is 4.93. The Balaban J connectivity index is 0.00000245. The molecule has 2 aliphatic heterocycles. The summed E-state index contributed by atoms with van der Waals surface area (Å²) in [7, 11) is 0. The van der Waals surface area contributed by atoms with Crippen LogP contribution in [-0.4, -0.2) is 54.5 Å². The van der Waals surface area contributed by atoms with E-state index in [1.807, 2.05) is 12.1 Å². The number of nitrogens with zero attached hydrogens (tertiary/aromatic N) is 3. The van der Waals surface area contributed by atoms with Crippen LogP contribution in [0.1, 0.15) is 49.8 Å². The van der Waals surface area contributed by atoms with Crippen molar-refractivity contribution >= 4 is 29.9 Å². The Morgan fingerprint density at radius 1 is 1.03 bits per heavy atom. The number of nitrogens with one attached hydrogen (secondary N) is 1. The SMILES string of the molecule is I.c1ccc(CN2CCC(NC(=NCCc3ccco3)N3CCC4(CCC4)C3)CC2)cc1. The minimum atomic E-state index is 0. The van der Waals surface area contributed by atoms with Crippen LogP contribution < -0.4 is 5.32 Å². The van der Waals surface area contributed by atoms with Gasteiger partial charge in [-0.2, -0.15) is 0 Å². The monoisotopic (exact) mass is 548 g/mol. The van der Waals surface area contributed by atoms with Gasteiger partial charge in [-0.15, -0.1) is 24.0 Å². The number of aliphatic imine (C=N–C) groups is 1. The standard InChI is InChI=1S/C26H36N4O.HI/c1-2-6-22(7-3-1)20-29-16-10-23(11-17-29)28-25(27-15-9-24-8-4-19-31-24)30-18-14-26(21-30)12-5-13-26;/h1-4,6-8,19,23H,5,9-18,20-21H2,(H,27,28);1H. The van der Waals surface area contributed by atoms with Gasteiger partial charge in [0.1, 0.15) is 5.76 Å². The van der Waals surface area contributed by atoms with Crippen LogP contribution in [0.25, 0.3) is 0 Å². The van der Waals surface area contributed by atoms with Crippen LogP contribution in [0.4, 0.5) is 0 Å². The van der Waals surface area contributed by atoms with Crippen LogP contribution >= 0.6 is 24.0 Å². The van der Waals surface area contributed by atoms with Gasteiger partial charge in [-0.1, -0.05) is 36.8 Å². The first-order valence-corrected chi connectivity index (χ1v) is 12.1. The first kappa shape index (κ1) is 23.6. The average molecular weight is 549 g/mol. The molecule has 5 nitrogen and oxygen atoms in total. The Kier molecular flexibility index (Phi) is 8.16. The maximum atomic E-state index is 5.50. The van der Waals surface area contributed by atoms with Crippen molar-refractivity contribution < 1.29 is 4.42 Å². The fourth-order valence-electron chi connectivity index (χ4n) is 5.42. The van der Waals surface area contributed by atoms with Gasteiger partial charge >= 0.3 is 0 Å². The zero-order chi connectivity index (χ0) is 20.9. The van der Waals surface area contributed by atoms with Gasteiger partial charge in [0.05, 0.1) is 6.26 Å². The third-order valence-corrected chi connectivity index (χ3v) is 7.52. The molecule has 32 heavy (non-hydrogen) atoms. The van der Waals surface area contributed by atoms with Gasteiger partial charge in [-0.25, -0.2) is 0 Å². The Morgan fingerprint density at radius 3 is 2.50 bits per heavy atom. The summed E-state index contributed by atoms with van der Waals surface area (Å²) in [6.45, 7) is 6.48. The van der Waals surface area contributed by atoms with Crippen LogP contribution in [0, 0.1) is 5.41 Å². The fraction of sp³-hybridized carbons (Fsp3) is 0.577. The normalized spacial score (nSPS) is 21.4. The Bertz CT molecular complexity index is 842. The summed E-state index contributed by atoms with van der Waals surface area (Å²) in [6, 6.07) is 15.4. The maximum Gasteiger partial charge on any atom is 0.194 e. The third kappa shape index (κ3) is 5.87. The van der Waals surface area contributed by atoms with E-state index in [-0.39, 0.29) is 24.0 Å². The molecule has 1 aromatic carbocycles. The first-order chi connectivity index (χ1) is 15.3. The van der Waals surface area contributed by atoms with Gasteiger partial charge < -0.3 is 14.6 Å². The summed E-state index contributed by atoms with van der Waals surface area (Å²) in [6.07, 6.45) is 10.5. The molecule has 0 bridgehead atoms. The predicted molar refractivity (Wildman–Crippen MR) is 140 cm³/mol. The third-order valence-electron chi connectivity index (χ3n) is 7.52. The van der Waals surface area contributed by atoms with E-state index < -0.39 is 0 Å². The van der Waals surface area contributed by atoms with Gasteiger partial charge in [0.2, 0.25) is 0 Å². The second kappa shape index (κ2) is 11.1. The van der Waals surface area contributed by atoms with Gasteiger partial charge in [0.15, 0.2) is 5.96 Å². The van der Waals surface area contributed by atoms with Crippen molar-refractivity contribution in [2.75, 3.05) is 32.7 Å². The minimum absolute atomic E-state index is 0. The molecule has 174 valence electrons. The molecule has 2 aromatic rings. The lowest BCUT2D eigenvalue weighted by atomic mass is 9.68. The zero-order valence-corrected chi connectivity index (χ0v) is 21.4. The number of likely N-dealkylation sites (tertiary alicyclic amines) is 2. The summed E-state index contributed by atoms with van der Waals surface area (Å²) in [5.74, 6) is 2.16. The number of rotatable bonds is 6. The Hall–Kier alpha value is -1.54. The molecular formula is C26H37IN4O. The molecule has 0 radical (unpaired) electrons. The Morgan fingerprint density at radius 2 is 1.84 bits per heavy atom. The maximum absolute atomic E-state index is 5.50. The van der Waals surface area contributed by atoms with Gasteiger partial charge in [0, 0.05) is 51.7 Å². The highest BCUT2D eigenvalue weighted by atomic mass is 127. The highest BCUT2D eigenvalue weighted by molar-refractivity contribution is 14.0. The van der Waals surface area contributed by atoms with Gasteiger partial charge in [-0.05, 0) is 55.2 Å². The van der Waals surface area contributed by atoms with E-state index in [1.54, 1.807) is 6.26 Å². The summed E-state index contributed by atoms with van der Waals surface area (Å²) in [4.78, 5) is 10.2. The van der Waals surface area contributed by atoms with E-state index in [0.717, 1.165) is 50.9 Å². The molecule has 0 atom stereocenters. The molecule has 6 heteroatoms. The summed E-state index contributed by atoms with van der Waals surface area (Å²) in [5, 5.41) is 3.87. The molecule has 0 amide bonds. The van der Waals surface area contributed by atoms with Crippen molar-refractivity contribution in [2.24, 2.45) is 10.4 Å². The molecule has 2 saturated heterocycles. The quantitative estimate of drug-likeness (QED) is 0.316. The van der Waals surface area contributed by atoms with E-state index in [2.05, 4.69) is 45.4 Å². The van der Waals surface area contributed by atoms with Crippen LogP contribution in [-0.2, 0) is 13.0 Å². The number of furan rings is 1. The van der Waals surface area contributed by atoms with Crippen LogP contribution in [0.15, 0.2) is 58.1 Å². The van der Waals surface area contributed by atoms with Crippen LogP contribution in [0.3, 0.4) is 0 Å². The van der Waals surface area contributed by atoms with Crippen molar-refractivity contribution in [3.8, 4) is 0 Å². The van der Waals surface area contributed by atoms with Crippen molar-refractivity contribution in [1.82, 2.24) is 15.1 Å². The molecule has 3 fully saturated rings. The second-order valence-electron chi connectivity index (χ2n) is 9.74. The van der Waals surface area contributed by atoms with Crippen LogP contribution in [0.5, 0.6) is 0 Å². The minimum Gasteiger partial charge on any atom is -0.469 e. The Labute approximate surface area is 209 Å². The van der Waals surface area contributed by atoms with Gasteiger partial charge in [-0.3, -0.25) is 9.89 Å². The molecule has 3 heterocycles. The summed E-state index contributed by atoms with van der Waals surface area (Å²) < 4.78 is 5.50. The fourth-order valence-corrected chi connectivity index (χ4v) is 5.42. The molecule has 1 spiro atoms. The zero-order valence-electron chi connectivity index (χ0n) is 19.0. The molecule has 0 unspecified atom stereocenters. The molecule has 1 saturated carbocycles. The molecule has 1 N–H and O–H groups in total. The first-order valence-electron chi connectivity index (χ1n) is 12.1. The molecule has 3 aliphatic rings. The number of guanidine groups is 1. The van der Waals surface area contributed by atoms with E-state index in [9.17, 15) is 0 Å². The molecular weight excluding hydrogens is 511 g/mol. The average Bonchev–Trinajstić information content (AvgIpc) is 3.45. The van der Waals surface area contributed by atoms with Crippen molar-refractivity contribution in [2.45, 2.75) is 57.5 Å². The largest absolute Gasteiger partial charge is 0.469 e. The topological polar surface area (TPSA) is 44.0 Å². The number of benzene rings is 1. The van der Waals surface area contributed by atoms with Crippen molar-refractivity contribution in [3.05, 3.63) is 60.1 Å². The molecule has 5 rings (SSSR count). The van der Waals surface area contributed by atoms with Gasteiger partial charge in [0.25, 0.3) is 0 Å². The lowest BCUT2D eigenvalue weighted by molar-refractivity contribution is 0.150. The van der Waals surface area contributed by atoms with E-state index in [4.69, 9.17) is 9.41 Å². The summed E-state index contributed by atoms with van der Waals surface area (Å²) >= 11 is 0. The molecule has 1 aromatic heterocycles. The number of hydrogen-bond acceptors (Lipinski definition) is 3. The lowest BCUT2D eigenvalue weighted by Gasteiger charge is -2.39. The highest BCUT2D eigenvalue weighted by Gasteiger charge is 2.43.